The van der Waals surface area contributed by atoms with Crippen LogP contribution < -0.4 is 0 Å². The molecule has 0 aromatic heterocycles. The number of hydrogen-bond donors (Lipinski definition) is 2. The van der Waals surface area contributed by atoms with Gasteiger partial charge in [-0.3, -0.25) is 9.79 Å². The van der Waals surface area contributed by atoms with Crippen LogP contribution in [0.3, 0.4) is 0 Å². The Labute approximate surface area is 112 Å². The van der Waals surface area contributed by atoms with Crippen molar-refractivity contribution in [2.75, 3.05) is 0 Å². The quantitative estimate of drug-likeness (QED) is 0.599. The summed E-state index contributed by atoms with van der Waals surface area (Å²) >= 11 is 0. The van der Waals surface area contributed by atoms with Crippen LogP contribution >= 0.6 is 0 Å². The Morgan fingerprint density at radius 2 is 2.05 bits per heavy atom. The maximum atomic E-state index is 12.0. The fourth-order valence-corrected chi connectivity index (χ4v) is 2.12. The molecule has 0 heterocycles. The van der Waals surface area contributed by atoms with Gasteiger partial charge in [-0.15, -0.1) is 6.42 Å². The zero-order chi connectivity index (χ0) is 14.8. The van der Waals surface area contributed by atoms with Gasteiger partial charge in [-0.2, -0.15) is 0 Å². The van der Waals surface area contributed by atoms with Gasteiger partial charge in [0.25, 0.3) is 0 Å². The minimum Gasteiger partial charge on any atom is -0.511 e. The number of aliphatic imine (C=N–C) groups is 1. The summed E-state index contributed by atoms with van der Waals surface area (Å²) in [6.45, 7) is 5.24. The number of allylic oxidation sites excluding steroid dienone is 2. The standard InChI is InChI=1S/C14H17NO4/c1-5-9(13(18)19)15-8(2)12-10(16)6-14(3,4)7-11(12)17/h1,9,16H,6-7H2,2-4H3,(H,18,19). The summed E-state index contributed by atoms with van der Waals surface area (Å²) in [5.74, 6) is 0.464. The van der Waals surface area contributed by atoms with Crippen LogP contribution in [0.25, 0.3) is 0 Å². The van der Waals surface area contributed by atoms with Gasteiger partial charge < -0.3 is 10.2 Å². The summed E-state index contributed by atoms with van der Waals surface area (Å²) in [5.41, 5.74) is -0.0346. The lowest BCUT2D eigenvalue weighted by Crippen LogP contribution is -2.29. The topological polar surface area (TPSA) is 87.0 Å². The van der Waals surface area contributed by atoms with E-state index in [1.807, 2.05) is 19.8 Å². The molecule has 0 fully saturated rings. The van der Waals surface area contributed by atoms with Gasteiger partial charge in [0.05, 0.1) is 5.57 Å². The van der Waals surface area contributed by atoms with Crippen molar-refractivity contribution >= 4 is 17.5 Å². The van der Waals surface area contributed by atoms with Gasteiger partial charge in [-0.05, 0) is 12.3 Å². The van der Waals surface area contributed by atoms with Crippen LogP contribution in [0.2, 0.25) is 0 Å². The first-order chi connectivity index (χ1) is 8.68. The van der Waals surface area contributed by atoms with Gasteiger partial charge in [-0.25, -0.2) is 4.79 Å². The molecular weight excluding hydrogens is 246 g/mol. The molecule has 5 nitrogen and oxygen atoms in total. The number of terminal acetylenes is 1. The Kier molecular flexibility index (Phi) is 4.15. The van der Waals surface area contributed by atoms with Crippen molar-refractivity contribution in [2.45, 2.75) is 39.7 Å². The lowest BCUT2D eigenvalue weighted by Gasteiger charge is -2.29. The molecule has 0 amide bonds. The van der Waals surface area contributed by atoms with Crippen molar-refractivity contribution in [1.82, 2.24) is 0 Å². The molecular formula is C14H17NO4. The van der Waals surface area contributed by atoms with Gasteiger partial charge in [0.1, 0.15) is 5.76 Å². The van der Waals surface area contributed by atoms with Crippen LogP contribution in [0.15, 0.2) is 16.3 Å². The largest absolute Gasteiger partial charge is 0.511 e. The number of hydrogen-bond acceptors (Lipinski definition) is 4. The molecule has 0 aliphatic heterocycles. The van der Waals surface area contributed by atoms with Crippen LogP contribution in [-0.4, -0.2) is 33.7 Å². The van der Waals surface area contributed by atoms with Crippen molar-refractivity contribution in [3.63, 3.8) is 0 Å². The maximum absolute atomic E-state index is 12.0. The van der Waals surface area contributed by atoms with Crippen molar-refractivity contribution in [2.24, 2.45) is 10.4 Å². The molecule has 1 aliphatic carbocycles. The van der Waals surface area contributed by atoms with E-state index in [0.717, 1.165) is 0 Å². The SMILES string of the molecule is C#CC(N=C(C)C1=C(O)CC(C)(C)CC1=O)C(=O)O. The molecule has 1 rings (SSSR count). The van der Waals surface area contributed by atoms with E-state index in [-0.39, 0.29) is 34.7 Å². The zero-order valence-corrected chi connectivity index (χ0v) is 11.2. The number of aliphatic hydroxyl groups excluding tert-OH is 1. The number of rotatable bonds is 3. The summed E-state index contributed by atoms with van der Waals surface area (Å²) in [7, 11) is 0. The van der Waals surface area contributed by atoms with Gasteiger partial charge in [-0.1, -0.05) is 19.8 Å². The number of nitrogens with zero attached hydrogens (tertiary/aromatic N) is 1. The molecule has 0 saturated carbocycles. The van der Waals surface area contributed by atoms with Crippen LogP contribution in [0.1, 0.15) is 33.6 Å². The van der Waals surface area contributed by atoms with Gasteiger partial charge in [0.2, 0.25) is 6.04 Å². The molecule has 1 unspecified atom stereocenters. The number of aliphatic hydroxyl groups is 1. The van der Waals surface area contributed by atoms with Crippen molar-refractivity contribution in [3.05, 3.63) is 11.3 Å². The highest BCUT2D eigenvalue weighted by Crippen LogP contribution is 2.36. The number of aliphatic carboxylic acids is 1. The highest BCUT2D eigenvalue weighted by atomic mass is 16.4. The van der Waals surface area contributed by atoms with Crippen LogP contribution in [0.5, 0.6) is 0 Å². The molecule has 1 aliphatic rings. The predicted molar refractivity (Wildman–Crippen MR) is 71.0 cm³/mol. The average Bonchev–Trinajstić information content (AvgIpc) is 2.22. The maximum Gasteiger partial charge on any atom is 0.340 e. The second kappa shape index (κ2) is 5.27. The Morgan fingerprint density at radius 1 is 1.47 bits per heavy atom. The van der Waals surface area contributed by atoms with Crippen LogP contribution in [0, 0.1) is 17.8 Å². The van der Waals surface area contributed by atoms with Crippen LogP contribution in [-0.2, 0) is 9.59 Å². The molecule has 0 radical (unpaired) electrons. The minimum atomic E-state index is -1.34. The second-order valence-electron chi connectivity index (χ2n) is 5.38. The summed E-state index contributed by atoms with van der Waals surface area (Å²) in [6.07, 6.45) is 5.70. The zero-order valence-electron chi connectivity index (χ0n) is 11.2. The lowest BCUT2D eigenvalue weighted by atomic mass is 9.76. The van der Waals surface area contributed by atoms with Gasteiger partial charge in [0, 0.05) is 18.6 Å². The lowest BCUT2D eigenvalue weighted by molar-refractivity contribution is -0.137. The fourth-order valence-electron chi connectivity index (χ4n) is 2.12. The summed E-state index contributed by atoms with van der Waals surface area (Å²) in [5, 5.41) is 18.8. The molecule has 0 spiro atoms. The predicted octanol–water partition coefficient (Wildman–Crippen LogP) is 1.73. The van der Waals surface area contributed by atoms with E-state index in [1.165, 1.54) is 6.92 Å². The van der Waals surface area contributed by atoms with E-state index < -0.39 is 12.0 Å². The van der Waals surface area contributed by atoms with E-state index in [9.17, 15) is 14.7 Å². The van der Waals surface area contributed by atoms with Gasteiger partial charge >= 0.3 is 5.97 Å². The van der Waals surface area contributed by atoms with Crippen molar-refractivity contribution in [3.8, 4) is 12.3 Å². The highest BCUT2D eigenvalue weighted by molar-refractivity contribution is 6.22. The third kappa shape index (κ3) is 3.44. The number of carboxylic acids is 1. The number of carboxylic acid groups (broad SMARTS) is 1. The first kappa shape index (κ1) is 15.0. The number of ketones is 1. The third-order valence-electron chi connectivity index (χ3n) is 2.93. The van der Waals surface area contributed by atoms with E-state index in [1.54, 1.807) is 0 Å². The van der Waals surface area contributed by atoms with Crippen molar-refractivity contribution < 1.29 is 19.8 Å². The van der Waals surface area contributed by atoms with Crippen LogP contribution in [0.4, 0.5) is 0 Å². The molecule has 2 N–H and O–H groups in total. The monoisotopic (exact) mass is 263 g/mol. The average molecular weight is 263 g/mol. The molecule has 102 valence electrons. The molecule has 0 bridgehead atoms. The first-order valence-corrected chi connectivity index (χ1v) is 5.87. The number of carbonyl (C=O) groups is 2. The minimum absolute atomic E-state index is 0.0522. The molecule has 19 heavy (non-hydrogen) atoms. The Hall–Kier alpha value is -2.09. The Morgan fingerprint density at radius 3 is 2.47 bits per heavy atom. The molecule has 1 atom stereocenters. The third-order valence-corrected chi connectivity index (χ3v) is 2.93. The normalized spacial score (nSPS) is 20.9. The summed E-state index contributed by atoms with van der Waals surface area (Å²) in [4.78, 5) is 26.6. The number of Topliss-reactive ketones (excluding diaryl/α,β-unsaturated/α-hetero) is 1. The molecule has 0 aromatic rings. The van der Waals surface area contributed by atoms with E-state index >= 15 is 0 Å². The molecule has 5 heteroatoms. The smallest absolute Gasteiger partial charge is 0.340 e. The van der Waals surface area contributed by atoms with E-state index in [4.69, 9.17) is 11.5 Å². The van der Waals surface area contributed by atoms with E-state index in [0.29, 0.717) is 6.42 Å². The number of carbonyl (C=O) groups excluding carboxylic acids is 1. The Balaban J connectivity index is 3.16. The summed E-state index contributed by atoms with van der Waals surface area (Å²) in [6, 6.07) is -1.34. The molecule has 0 saturated heterocycles. The molecule has 0 aromatic carbocycles. The van der Waals surface area contributed by atoms with Crippen molar-refractivity contribution in [1.29, 1.82) is 0 Å². The first-order valence-electron chi connectivity index (χ1n) is 5.87. The second-order valence-corrected chi connectivity index (χ2v) is 5.38. The Bertz CT molecular complexity index is 520. The summed E-state index contributed by atoms with van der Waals surface area (Å²) < 4.78 is 0. The van der Waals surface area contributed by atoms with Gasteiger partial charge in [0.15, 0.2) is 5.78 Å². The fraction of sp³-hybridized carbons (Fsp3) is 0.500. The highest BCUT2D eigenvalue weighted by Gasteiger charge is 2.34. The van der Waals surface area contributed by atoms with E-state index in [2.05, 4.69) is 4.99 Å².